The van der Waals surface area contributed by atoms with Crippen molar-refractivity contribution in [1.29, 1.82) is 0 Å². The van der Waals surface area contributed by atoms with Crippen molar-refractivity contribution in [3.63, 3.8) is 0 Å². The van der Waals surface area contributed by atoms with Gasteiger partial charge in [-0.3, -0.25) is 0 Å². The minimum absolute atomic E-state index is 0.0769. The van der Waals surface area contributed by atoms with Crippen LogP contribution >= 0.6 is 0 Å². The number of carbonyl (C=O) groups excluding carboxylic acids is 1. The number of likely N-dealkylation sites (N-methyl/N-ethyl adjacent to an activating group) is 1. The van der Waals surface area contributed by atoms with Gasteiger partial charge >= 0.3 is 6.03 Å². The van der Waals surface area contributed by atoms with Crippen molar-refractivity contribution in [3.8, 4) is 0 Å². The van der Waals surface area contributed by atoms with Crippen molar-refractivity contribution in [2.75, 3.05) is 26.7 Å². The molecule has 1 atom stereocenters. The number of amides is 2. The molecule has 1 aromatic rings. The smallest absolute Gasteiger partial charge is 0.320 e. The lowest BCUT2D eigenvalue weighted by molar-refractivity contribution is 0.196. The molecule has 4 nitrogen and oxygen atoms in total. The van der Waals surface area contributed by atoms with Gasteiger partial charge in [-0.2, -0.15) is 0 Å². The number of benzene rings is 1. The molecule has 1 saturated heterocycles. The van der Waals surface area contributed by atoms with E-state index in [-0.39, 0.29) is 12.1 Å². The summed E-state index contributed by atoms with van der Waals surface area (Å²) in [6, 6.07) is 8.85. The first kappa shape index (κ1) is 13.9. The standard InChI is InChI=1S/C15H23N3O/c1-3-4-12-5-7-13(8-6-12)14-11-18(10-9-16)15(19)17(14)2/h5-8,14H,3-4,9-11,16H2,1-2H3. The number of urea groups is 1. The van der Waals surface area contributed by atoms with Gasteiger partial charge in [-0.05, 0) is 17.5 Å². The Morgan fingerprint density at radius 2 is 2.00 bits per heavy atom. The van der Waals surface area contributed by atoms with Crippen molar-refractivity contribution in [1.82, 2.24) is 9.80 Å². The molecular weight excluding hydrogens is 238 g/mol. The zero-order valence-electron chi connectivity index (χ0n) is 11.8. The summed E-state index contributed by atoms with van der Waals surface area (Å²) < 4.78 is 0. The van der Waals surface area contributed by atoms with E-state index in [1.807, 2.05) is 16.8 Å². The van der Waals surface area contributed by atoms with Gasteiger partial charge in [0, 0.05) is 26.7 Å². The zero-order chi connectivity index (χ0) is 13.8. The van der Waals surface area contributed by atoms with Crippen LogP contribution in [-0.2, 0) is 6.42 Å². The van der Waals surface area contributed by atoms with Crippen LogP contribution in [0, 0.1) is 0 Å². The quantitative estimate of drug-likeness (QED) is 0.881. The van der Waals surface area contributed by atoms with Gasteiger partial charge in [0.1, 0.15) is 0 Å². The second kappa shape index (κ2) is 6.06. The van der Waals surface area contributed by atoms with E-state index >= 15 is 0 Å². The van der Waals surface area contributed by atoms with Crippen LogP contribution in [0.3, 0.4) is 0 Å². The van der Waals surface area contributed by atoms with Crippen LogP contribution in [0.1, 0.15) is 30.5 Å². The Hall–Kier alpha value is -1.55. The van der Waals surface area contributed by atoms with Crippen LogP contribution in [0.15, 0.2) is 24.3 Å². The highest BCUT2D eigenvalue weighted by atomic mass is 16.2. The molecule has 0 aromatic heterocycles. The second-order valence-corrected chi connectivity index (χ2v) is 5.14. The largest absolute Gasteiger partial charge is 0.329 e. The van der Waals surface area contributed by atoms with E-state index in [9.17, 15) is 4.79 Å². The van der Waals surface area contributed by atoms with Crippen LogP contribution in [0.2, 0.25) is 0 Å². The van der Waals surface area contributed by atoms with Gasteiger partial charge in [0.05, 0.1) is 6.04 Å². The summed E-state index contributed by atoms with van der Waals surface area (Å²) in [5, 5.41) is 0. The average molecular weight is 261 g/mol. The van der Waals surface area contributed by atoms with E-state index in [1.54, 1.807) is 0 Å². The Labute approximate surface area is 115 Å². The van der Waals surface area contributed by atoms with Gasteiger partial charge < -0.3 is 15.5 Å². The van der Waals surface area contributed by atoms with Crippen LogP contribution in [-0.4, -0.2) is 42.5 Å². The third-order valence-corrected chi connectivity index (χ3v) is 3.74. The molecule has 0 radical (unpaired) electrons. The van der Waals surface area contributed by atoms with Crippen LogP contribution < -0.4 is 5.73 Å². The molecule has 1 unspecified atom stereocenters. The number of nitrogens with two attached hydrogens (primary N) is 1. The Kier molecular flexibility index (Phi) is 4.43. The molecule has 0 bridgehead atoms. The molecule has 104 valence electrons. The molecule has 2 amide bonds. The third-order valence-electron chi connectivity index (χ3n) is 3.74. The maximum Gasteiger partial charge on any atom is 0.320 e. The maximum atomic E-state index is 12.0. The summed E-state index contributed by atoms with van der Waals surface area (Å²) in [6.07, 6.45) is 2.27. The average Bonchev–Trinajstić information content (AvgIpc) is 2.69. The normalized spacial score (nSPS) is 19.3. The SMILES string of the molecule is CCCc1ccc(C2CN(CCN)C(=O)N2C)cc1. The molecule has 1 aromatic carbocycles. The number of hydrogen-bond donors (Lipinski definition) is 1. The van der Waals surface area contributed by atoms with Gasteiger partial charge in [-0.1, -0.05) is 37.6 Å². The predicted octanol–water partition coefficient (Wildman–Crippen LogP) is 2.01. The molecule has 2 N–H and O–H groups in total. The summed E-state index contributed by atoms with van der Waals surface area (Å²) in [4.78, 5) is 15.7. The minimum atomic E-state index is 0.0769. The maximum absolute atomic E-state index is 12.0. The summed E-state index contributed by atoms with van der Waals surface area (Å²) in [5.41, 5.74) is 8.10. The van der Waals surface area contributed by atoms with Crippen LogP contribution in [0.5, 0.6) is 0 Å². The van der Waals surface area contributed by atoms with Crippen molar-refractivity contribution >= 4 is 6.03 Å². The van der Waals surface area contributed by atoms with Gasteiger partial charge in [0.2, 0.25) is 0 Å². The van der Waals surface area contributed by atoms with E-state index in [0.717, 1.165) is 19.4 Å². The lowest BCUT2D eigenvalue weighted by Crippen LogP contribution is -2.33. The number of carbonyl (C=O) groups is 1. The molecule has 0 saturated carbocycles. The molecule has 0 aliphatic carbocycles. The van der Waals surface area contributed by atoms with Gasteiger partial charge in [-0.15, -0.1) is 0 Å². The van der Waals surface area contributed by atoms with E-state index in [1.165, 1.54) is 11.1 Å². The van der Waals surface area contributed by atoms with Gasteiger partial charge in [0.15, 0.2) is 0 Å². The minimum Gasteiger partial charge on any atom is -0.329 e. The lowest BCUT2D eigenvalue weighted by atomic mass is 10.0. The lowest BCUT2D eigenvalue weighted by Gasteiger charge is -2.18. The molecule has 0 spiro atoms. The summed E-state index contributed by atoms with van der Waals surface area (Å²) >= 11 is 0. The van der Waals surface area contributed by atoms with E-state index in [0.29, 0.717) is 13.1 Å². The number of rotatable bonds is 5. The number of aryl methyl sites for hydroxylation is 1. The molecule has 19 heavy (non-hydrogen) atoms. The van der Waals surface area contributed by atoms with E-state index < -0.39 is 0 Å². The van der Waals surface area contributed by atoms with Crippen LogP contribution in [0.4, 0.5) is 4.79 Å². The molecule has 1 heterocycles. The first-order chi connectivity index (χ1) is 9.17. The van der Waals surface area contributed by atoms with Gasteiger partial charge in [0.25, 0.3) is 0 Å². The molecule has 2 rings (SSSR count). The molecular formula is C15H23N3O. The van der Waals surface area contributed by atoms with Crippen LogP contribution in [0.25, 0.3) is 0 Å². The Bertz CT molecular complexity index is 430. The first-order valence-electron chi connectivity index (χ1n) is 6.98. The fraction of sp³-hybridized carbons (Fsp3) is 0.533. The van der Waals surface area contributed by atoms with E-state index in [2.05, 4.69) is 31.2 Å². The molecule has 1 aliphatic rings. The Morgan fingerprint density at radius 1 is 1.32 bits per heavy atom. The Balaban J connectivity index is 2.11. The second-order valence-electron chi connectivity index (χ2n) is 5.14. The summed E-state index contributed by atoms with van der Waals surface area (Å²) in [7, 11) is 1.86. The van der Waals surface area contributed by atoms with Gasteiger partial charge in [-0.25, -0.2) is 4.79 Å². The van der Waals surface area contributed by atoms with Crippen molar-refractivity contribution in [2.45, 2.75) is 25.8 Å². The third kappa shape index (κ3) is 2.89. The topological polar surface area (TPSA) is 49.6 Å². The van der Waals surface area contributed by atoms with Crippen molar-refractivity contribution in [3.05, 3.63) is 35.4 Å². The number of nitrogens with zero attached hydrogens (tertiary/aromatic N) is 2. The zero-order valence-corrected chi connectivity index (χ0v) is 11.8. The summed E-state index contributed by atoms with van der Waals surface area (Å²) in [5.74, 6) is 0. The molecule has 1 fully saturated rings. The summed E-state index contributed by atoms with van der Waals surface area (Å²) in [6.45, 7) is 4.07. The first-order valence-corrected chi connectivity index (χ1v) is 6.98. The van der Waals surface area contributed by atoms with E-state index in [4.69, 9.17) is 5.73 Å². The Morgan fingerprint density at radius 3 is 2.58 bits per heavy atom. The predicted molar refractivity (Wildman–Crippen MR) is 77.0 cm³/mol. The fourth-order valence-corrected chi connectivity index (χ4v) is 2.63. The van der Waals surface area contributed by atoms with Crippen molar-refractivity contribution < 1.29 is 4.79 Å². The highest BCUT2D eigenvalue weighted by Crippen LogP contribution is 2.28. The fourth-order valence-electron chi connectivity index (χ4n) is 2.63. The molecule has 4 heteroatoms. The molecule has 1 aliphatic heterocycles. The highest BCUT2D eigenvalue weighted by molar-refractivity contribution is 5.77. The highest BCUT2D eigenvalue weighted by Gasteiger charge is 2.34. The van der Waals surface area contributed by atoms with Crippen molar-refractivity contribution in [2.24, 2.45) is 5.73 Å². The number of hydrogen-bond acceptors (Lipinski definition) is 2. The monoisotopic (exact) mass is 261 g/mol.